The number of rotatable bonds is 8. The molecule has 0 N–H and O–H groups in total. The standard InChI is InChI=1S/C26H50O6Si2/c1-25(2,3)33(7,8)28-17-23(32-34(9,10)26(4,5)6)22-14-13-19(30-22)18-11-12-20(29-18)21-15-16-24(27)31-21/h18-23H,11-17H2,1-10H3/t18-,19-,20-,21+,22-,23-/m1/s1. The van der Waals surface area contributed by atoms with Crippen LogP contribution in [0.15, 0.2) is 0 Å². The highest BCUT2D eigenvalue weighted by molar-refractivity contribution is 6.74. The molecule has 3 rings (SSSR count). The second-order valence-electron chi connectivity index (χ2n) is 13.6. The average Bonchev–Trinajstić information content (AvgIpc) is 3.42. The van der Waals surface area contributed by atoms with Gasteiger partial charge >= 0.3 is 5.97 Å². The molecule has 34 heavy (non-hydrogen) atoms. The normalized spacial score (nSPS) is 32.3. The van der Waals surface area contributed by atoms with Gasteiger partial charge in [0.05, 0.1) is 37.1 Å². The Morgan fingerprint density at radius 3 is 1.85 bits per heavy atom. The summed E-state index contributed by atoms with van der Waals surface area (Å²) in [6.07, 6.45) is 5.17. The summed E-state index contributed by atoms with van der Waals surface area (Å²) in [5.74, 6) is -0.0958. The van der Waals surface area contributed by atoms with E-state index in [-0.39, 0.29) is 52.7 Å². The number of hydrogen-bond acceptors (Lipinski definition) is 6. The van der Waals surface area contributed by atoms with Crippen molar-refractivity contribution in [3.8, 4) is 0 Å². The minimum Gasteiger partial charge on any atom is -0.460 e. The molecule has 0 spiro atoms. The lowest BCUT2D eigenvalue weighted by Crippen LogP contribution is -2.51. The smallest absolute Gasteiger partial charge is 0.306 e. The van der Waals surface area contributed by atoms with Crippen molar-refractivity contribution in [2.45, 2.75) is 153 Å². The van der Waals surface area contributed by atoms with E-state index in [1.54, 1.807) is 0 Å². The molecule has 198 valence electrons. The molecule has 3 aliphatic rings. The van der Waals surface area contributed by atoms with E-state index in [2.05, 4.69) is 67.7 Å². The van der Waals surface area contributed by atoms with Crippen molar-refractivity contribution in [2.24, 2.45) is 0 Å². The van der Waals surface area contributed by atoms with Crippen LogP contribution in [-0.2, 0) is 27.9 Å². The van der Waals surface area contributed by atoms with Crippen LogP contribution in [0, 0.1) is 0 Å². The Morgan fingerprint density at radius 2 is 1.32 bits per heavy atom. The Balaban J connectivity index is 1.64. The Bertz CT molecular complexity index is 711. The second kappa shape index (κ2) is 10.2. The number of esters is 1. The van der Waals surface area contributed by atoms with Gasteiger partial charge in [-0.2, -0.15) is 0 Å². The lowest BCUT2D eigenvalue weighted by Gasteiger charge is -2.43. The third kappa shape index (κ3) is 6.54. The quantitative estimate of drug-likeness (QED) is 0.284. The first-order valence-electron chi connectivity index (χ1n) is 13.3. The van der Waals surface area contributed by atoms with Crippen molar-refractivity contribution >= 4 is 22.6 Å². The van der Waals surface area contributed by atoms with E-state index in [1.807, 2.05) is 0 Å². The van der Waals surface area contributed by atoms with Crippen molar-refractivity contribution in [1.29, 1.82) is 0 Å². The number of carbonyl (C=O) groups excluding carboxylic acids is 1. The third-order valence-corrected chi connectivity index (χ3v) is 18.0. The molecule has 8 heteroatoms. The molecule has 6 atom stereocenters. The van der Waals surface area contributed by atoms with Crippen LogP contribution in [0.1, 0.15) is 80.1 Å². The molecule has 0 saturated carbocycles. The Labute approximate surface area is 210 Å². The van der Waals surface area contributed by atoms with Gasteiger partial charge in [0.2, 0.25) is 0 Å². The van der Waals surface area contributed by atoms with Gasteiger partial charge in [-0.3, -0.25) is 4.79 Å². The van der Waals surface area contributed by atoms with Gasteiger partial charge in [-0.1, -0.05) is 41.5 Å². The first kappa shape index (κ1) is 28.3. The van der Waals surface area contributed by atoms with Gasteiger partial charge < -0.3 is 23.1 Å². The molecule has 0 unspecified atom stereocenters. The summed E-state index contributed by atoms with van der Waals surface area (Å²) in [6, 6.07) is 0. The zero-order valence-electron chi connectivity index (χ0n) is 23.4. The van der Waals surface area contributed by atoms with Gasteiger partial charge in [0.15, 0.2) is 16.6 Å². The highest BCUT2D eigenvalue weighted by Gasteiger charge is 2.47. The summed E-state index contributed by atoms with van der Waals surface area (Å²) in [5.41, 5.74) is 0. The van der Waals surface area contributed by atoms with E-state index >= 15 is 0 Å². The molecule has 0 aromatic rings. The SMILES string of the molecule is CC(C)(C)[Si](C)(C)OC[C@@H](O[Si](C)(C)C(C)(C)C)[C@H]1CC[C@H]([C@H]2CC[C@H]([C@@H]3CCC(=O)O3)O2)O1. The summed E-state index contributed by atoms with van der Waals surface area (Å²) in [5, 5.41) is 0.282. The predicted octanol–water partition coefficient (Wildman–Crippen LogP) is 6.20. The Kier molecular flexibility index (Phi) is 8.53. The van der Waals surface area contributed by atoms with Crippen LogP contribution >= 0.6 is 0 Å². The van der Waals surface area contributed by atoms with Crippen LogP contribution in [0.25, 0.3) is 0 Å². The maximum absolute atomic E-state index is 11.5. The van der Waals surface area contributed by atoms with Crippen LogP contribution in [0.5, 0.6) is 0 Å². The molecular formula is C26H50O6Si2. The van der Waals surface area contributed by atoms with E-state index in [9.17, 15) is 4.79 Å². The minimum atomic E-state index is -1.99. The van der Waals surface area contributed by atoms with E-state index < -0.39 is 16.6 Å². The molecule has 3 aliphatic heterocycles. The first-order valence-corrected chi connectivity index (χ1v) is 19.1. The topological polar surface area (TPSA) is 63.2 Å². The van der Waals surface area contributed by atoms with E-state index in [0.29, 0.717) is 13.0 Å². The van der Waals surface area contributed by atoms with Crippen molar-refractivity contribution < 1.29 is 27.9 Å². The number of ether oxygens (including phenoxy) is 3. The maximum Gasteiger partial charge on any atom is 0.306 e. The monoisotopic (exact) mass is 514 g/mol. The highest BCUT2D eigenvalue weighted by atomic mass is 28.4. The Hall–Kier alpha value is -0.256. The third-order valence-electron chi connectivity index (χ3n) is 9.00. The first-order chi connectivity index (χ1) is 15.5. The van der Waals surface area contributed by atoms with Crippen molar-refractivity contribution in [3.63, 3.8) is 0 Å². The van der Waals surface area contributed by atoms with E-state index in [4.69, 9.17) is 23.1 Å². The molecular weight excluding hydrogens is 464 g/mol. The molecule has 0 radical (unpaired) electrons. The van der Waals surface area contributed by atoms with Crippen LogP contribution < -0.4 is 0 Å². The lowest BCUT2D eigenvalue weighted by atomic mass is 10.0. The van der Waals surface area contributed by atoms with Crippen molar-refractivity contribution in [3.05, 3.63) is 0 Å². The fourth-order valence-electron chi connectivity index (χ4n) is 4.56. The van der Waals surface area contributed by atoms with E-state index in [0.717, 1.165) is 32.1 Å². The fourth-order valence-corrected chi connectivity index (χ4v) is 6.90. The highest BCUT2D eigenvalue weighted by Crippen LogP contribution is 2.42. The molecule has 0 bridgehead atoms. The molecule has 0 amide bonds. The molecule has 0 aromatic heterocycles. The fraction of sp³-hybridized carbons (Fsp3) is 0.962. The number of hydrogen-bond donors (Lipinski definition) is 0. The summed E-state index contributed by atoms with van der Waals surface area (Å²) in [7, 11) is -3.89. The maximum atomic E-state index is 11.5. The van der Waals surface area contributed by atoms with Gasteiger partial charge in [0, 0.05) is 6.42 Å². The molecule has 0 aliphatic carbocycles. The zero-order chi connectivity index (χ0) is 25.5. The van der Waals surface area contributed by atoms with Gasteiger partial charge in [0.25, 0.3) is 0 Å². The Morgan fingerprint density at radius 1 is 0.794 bits per heavy atom. The van der Waals surface area contributed by atoms with Gasteiger partial charge in [-0.25, -0.2) is 0 Å². The summed E-state index contributed by atoms with van der Waals surface area (Å²) in [6.45, 7) is 23.5. The minimum absolute atomic E-state index is 0.0142. The van der Waals surface area contributed by atoms with Crippen molar-refractivity contribution in [2.75, 3.05) is 6.61 Å². The molecule has 6 nitrogen and oxygen atoms in total. The number of carbonyl (C=O) groups is 1. The second-order valence-corrected chi connectivity index (χ2v) is 23.2. The van der Waals surface area contributed by atoms with Gasteiger partial charge in [-0.05, 0) is 68.4 Å². The van der Waals surface area contributed by atoms with Crippen LogP contribution in [0.3, 0.4) is 0 Å². The van der Waals surface area contributed by atoms with Gasteiger partial charge in [-0.15, -0.1) is 0 Å². The molecule has 3 fully saturated rings. The largest absolute Gasteiger partial charge is 0.460 e. The average molecular weight is 515 g/mol. The zero-order valence-corrected chi connectivity index (χ0v) is 25.4. The van der Waals surface area contributed by atoms with E-state index in [1.165, 1.54) is 0 Å². The molecule has 0 aromatic carbocycles. The summed E-state index contributed by atoms with van der Waals surface area (Å²) >= 11 is 0. The lowest BCUT2D eigenvalue weighted by molar-refractivity contribution is -0.149. The van der Waals surface area contributed by atoms with Gasteiger partial charge in [0.1, 0.15) is 6.10 Å². The number of cyclic esters (lactones) is 1. The molecule has 3 heterocycles. The van der Waals surface area contributed by atoms with Crippen LogP contribution in [0.4, 0.5) is 0 Å². The predicted molar refractivity (Wildman–Crippen MR) is 140 cm³/mol. The van der Waals surface area contributed by atoms with Crippen LogP contribution in [0.2, 0.25) is 36.3 Å². The summed E-state index contributed by atoms with van der Waals surface area (Å²) < 4.78 is 32.1. The van der Waals surface area contributed by atoms with Crippen molar-refractivity contribution in [1.82, 2.24) is 0 Å². The summed E-state index contributed by atoms with van der Waals surface area (Å²) in [4.78, 5) is 11.5. The molecule has 3 saturated heterocycles. The van der Waals surface area contributed by atoms with Crippen LogP contribution in [-0.4, -0.2) is 65.8 Å².